The third-order valence-corrected chi connectivity index (χ3v) is 16.1. The zero-order chi connectivity index (χ0) is 65.2. The van der Waals surface area contributed by atoms with Crippen LogP contribution < -0.4 is 21.3 Å². The van der Waals surface area contributed by atoms with Crippen LogP contribution in [0.25, 0.3) is 4.85 Å². The molecule has 26 heteroatoms. The molecular weight excluding hydrogens is 1160 g/mol. The summed E-state index contributed by atoms with van der Waals surface area (Å²) in [6.45, 7) is 19.1. The molecule has 0 aliphatic carbocycles. The Morgan fingerprint density at radius 1 is 0.477 bits per heavy atom. The molecule has 1 fully saturated rings. The summed E-state index contributed by atoms with van der Waals surface area (Å²) in [7, 11) is 3.38. The normalized spacial score (nSPS) is 17.0. The van der Waals surface area contributed by atoms with Crippen molar-refractivity contribution in [2.45, 2.75) is 225 Å². The highest BCUT2D eigenvalue weighted by Gasteiger charge is 2.49. The first kappa shape index (κ1) is 81.7. The van der Waals surface area contributed by atoms with Gasteiger partial charge in [-0.05, 0) is 59.8 Å². The zero-order valence-corrected chi connectivity index (χ0v) is 55.2. The first-order chi connectivity index (χ1) is 42.4. The average molecular weight is 1270 g/mol. The number of unbranched alkanes of at least 4 members (excludes halogenated alkanes) is 7. The number of carbonyl (C=O) groups is 9. The van der Waals surface area contributed by atoms with E-state index in [-0.39, 0.29) is 183 Å². The van der Waals surface area contributed by atoms with Crippen molar-refractivity contribution in [3.05, 3.63) is 11.4 Å². The van der Waals surface area contributed by atoms with E-state index < -0.39 is 56.9 Å². The Balaban J connectivity index is 3.13. The molecule has 1 aliphatic rings. The van der Waals surface area contributed by atoms with E-state index in [1.54, 1.807) is 7.11 Å². The van der Waals surface area contributed by atoms with Crippen LogP contribution in [0.5, 0.6) is 0 Å². The first-order valence-corrected chi connectivity index (χ1v) is 32.9. The maximum atomic E-state index is 13.2. The number of methoxy groups -OCH3 is 3. The van der Waals surface area contributed by atoms with Crippen molar-refractivity contribution in [1.82, 2.24) is 25.9 Å². The molecule has 1 saturated heterocycles. The molecule has 1 aliphatic heterocycles. The summed E-state index contributed by atoms with van der Waals surface area (Å²) in [5.74, 6) is -1.97. The van der Waals surface area contributed by atoms with Crippen LogP contribution >= 0.6 is 8.53 Å². The lowest BCUT2D eigenvalue weighted by Gasteiger charge is -2.46. The molecule has 1 rings (SSSR count). The van der Waals surface area contributed by atoms with Crippen molar-refractivity contribution in [2.75, 3.05) is 114 Å². The maximum Gasteiger partial charge on any atom is 0.259 e. The van der Waals surface area contributed by atoms with Crippen LogP contribution in [0.15, 0.2) is 0 Å². The van der Waals surface area contributed by atoms with Crippen molar-refractivity contribution in [3.8, 4) is 0 Å². The monoisotopic (exact) mass is 1270 g/mol. The lowest BCUT2D eigenvalue weighted by molar-refractivity contribution is -0.286. The van der Waals surface area contributed by atoms with E-state index in [4.69, 9.17) is 53.5 Å². The summed E-state index contributed by atoms with van der Waals surface area (Å²) in [6, 6.07) is -0.670. The van der Waals surface area contributed by atoms with Crippen LogP contribution in [0.3, 0.4) is 0 Å². The van der Waals surface area contributed by atoms with E-state index in [1.807, 2.05) is 0 Å². The van der Waals surface area contributed by atoms with Crippen molar-refractivity contribution >= 4 is 61.1 Å². The highest BCUT2D eigenvalue weighted by molar-refractivity contribution is 7.44. The first-order valence-electron chi connectivity index (χ1n) is 31.7. The lowest BCUT2D eigenvalue weighted by atomic mass is 9.96. The molecule has 0 radical (unpaired) electrons. The van der Waals surface area contributed by atoms with Gasteiger partial charge in [0.1, 0.15) is 59.9 Å². The van der Waals surface area contributed by atoms with Crippen molar-refractivity contribution < 1.29 is 90.1 Å². The predicted molar refractivity (Wildman–Crippen MR) is 331 cm³/mol. The predicted octanol–water partition coefficient (Wildman–Crippen LogP) is 6.42. The van der Waals surface area contributed by atoms with E-state index in [9.17, 15) is 43.2 Å². The number of carbonyl (C=O) groups excluding carboxylic acids is 9. The highest BCUT2D eigenvalue weighted by Crippen LogP contribution is 2.46. The highest BCUT2D eigenvalue weighted by atomic mass is 31.2. The minimum atomic E-state index is -1.29. The molecular formula is C62H109N6O19P. The van der Waals surface area contributed by atoms with Gasteiger partial charge in [0.2, 0.25) is 30.2 Å². The van der Waals surface area contributed by atoms with Crippen LogP contribution in [0.4, 0.5) is 0 Å². The largest absolute Gasteiger partial charge is 0.385 e. The maximum absolute atomic E-state index is 13.2. The molecule has 88 heavy (non-hydrogen) atoms. The topological polar surface area (TPSA) is 302 Å². The zero-order valence-electron chi connectivity index (χ0n) is 54.3. The van der Waals surface area contributed by atoms with Gasteiger partial charge in [0.05, 0.1) is 52.9 Å². The number of Topliss-reactive ketones (excluding diaryl/α,β-unsaturated/α-hetero) is 5. The second kappa shape index (κ2) is 53.4. The lowest BCUT2D eigenvalue weighted by Crippen LogP contribution is -2.66. The Morgan fingerprint density at radius 3 is 1.55 bits per heavy atom. The minimum absolute atomic E-state index is 0.00148. The molecule has 0 saturated carbocycles. The second-order valence-electron chi connectivity index (χ2n) is 22.2. The SMILES string of the molecule is [C-]#[N+]CCOP(OCCCCCCCC(=O)CCC(=O)CCO[C@@H]1OC(COCCC(=O)CCCC(=O)CCOC)[C@H](OCCC(=O)NCCC(=O)NCCCCCCOC)[C@H](OCCC(=O)NCCC(=O)CCOC)C1NC(C)=O)N(C(C)C)C(C)C. The van der Waals surface area contributed by atoms with Crippen LogP contribution in [-0.2, 0) is 90.1 Å². The van der Waals surface area contributed by atoms with Gasteiger partial charge in [0.15, 0.2) is 6.29 Å². The van der Waals surface area contributed by atoms with Crippen molar-refractivity contribution in [3.63, 3.8) is 0 Å². The van der Waals surface area contributed by atoms with Gasteiger partial charge in [0, 0.05) is 150 Å². The van der Waals surface area contributed by atoms with E-state index in [0.717, 1.165) is 51.4 Å². The van der Waals surface area contributed by atoms with E-state index in [0.29, 0.717) is 52.2 Å². The fourth-order valence-corrected chi connectivity index (χ4v) is 10.9. The molecule has 6 atom stereocenters. The Bertz CT molecular complexity index is 2010. The van der Waals surface area contributed by atoms with Gasteiger partial charge >= 0.3 is 0 Å². The van der Waals surface area contributed by atoms with E-state index in [2.05, 4.69) is 58.5 Å². The summed E-state index contributed by atoms with van der Waals surface area (Å²) >= 11 is 0. The smallest absolute Gasteiger partial charge is 0.259 e. The molecule has 0 aromatic carbocycles. The number of nitrogens with zero attached hydrogens (tertiary/aromatic N) is 2. The summed E-state index contributed by atoms with van der Waals surface area (Å²) in [5.41, 5.74) is 0. The summed E-state index contributed by atoms with van der Waals surface area (Å²) in [6.07, 6.45) is 4.92. The van der Waals surface area contributed by atoms with Gasteiger partial charge in [-0.2, -0.15) is 0 Å². The summed E-state index contributed by atoms with van der Waals surface area (Å²) in [5, 5.41) is 11.1. The molecule has 1 heterocycles. The summed E-state index contributed by atoms with van der Waals surface area (Å²) in [4.78, 5) is 118. The summed E-state index contributed by atoms with van der Waals surface area (Å²) < 4.78 is 60.9. The van der Waals surface area contributed by atoms with Gasteiger partial charge in [-0.3, -0.25) is 43.2 Å². The third-order valence-electron chi connectivity index (χ3n) is 14.0. The quantitative estimate of drug-likeness (QED) is 0.0290. The number of rotatable bonds is 59. The van der Waals surface area contributed by atoms with Gasteiger partial charge < -0.3 is 73.1 Å². The van der Waals surface area contributed by atoms with Crippen LogP contribution in [0, 0.1) is 6.57 Å². The van der Waals surface area contributed by atoms with Crippen LogP contribution in [0.1, 0.15) is 182 Å². The van der Waals surface area contributed by atoms with Crippen molar-refractivity contribution in [1.29, 1.82) is 0 Å². The third kappa shape index (κ3) is 41.9. The van der Waals surface area contributed by atoms with Gasteiger partial charge in [-0.25, -0.2) is 11.2 Å². The fourth-order valence-electron chi connectivity index (χ4n) is 9.32. The van der Waals surface area contributed by atoms with Crippen LogP contribution in [0.2, 0.25) is 0 Å². The number of amides is 4. The average Bonchev–Trinajstić information content (AvgIpc) is 1.16. The number of nitrogens with one attached hydrogen (secondary N) is 4. The van der Waals surface area contributed by atoms with Gasteiger partial charge in [0.25, 0.3) is 8.53 Å². The molecule has 4 N–H and O–H groups in total. The molecule has 0 aromatic rings. The number of hydrogen-bond acceptors (Lipinski definition) is 20. The number of hydrogen-bond donors (Lipinski definition) is 4. The molecule has 3 unspecified atom stereocenters. The van der Waals surface area contributed by atoms with E-state index >= 15 is 0 Å². The Morgan fingerprint density at radius 2 is 0.943 bits per heavy atom. The molecule has 0 bridgehead atoms. The number of ether oxygens (including phenoxy) is 8. The van der Waals surface area contributed by atoms with E-state index in [1.165, 1.54) is 21.1 Å². The Labute approximate surface area is 525 Å². The Hall–Kier alpha value is -4.29. The minimum Gasteiger partial charge on any atom is -0.385 e. The standard InChI is InChI=1S/C62H109N6O19P/c1-47(2)68(48(3)4)88(86-45-36-63-6)85-38-18-13-10-11-15-20-50(70)23-24-53(73)30-42-84-62-59(67-49(5)69)61(83-44-32-57(76)65-34-25-54(74)28-40-80-9)60(55(87-62)46-81-41-29-52(72)22-19-21-51(71)27-39-79-8)82-43-31-58(77)66-35-26-56(75)64-33-16-12-14-17-37-78-7/h47-48,55,59-62H,10-46H2,1-5,7-9H3,(H,64,75)(H,65,76)(H,66,77)(H,67,69)/t55?,59?,60-,61+,62+,88?/m0/s1. The second-order valence-corrected chi connectivity index (χ2v) is 23.7. The molecule has 506 valence electrons. The van der Waals surface area contributed by atoms with Crippen molar-refractivity contribution in [2.24, 2.45) is 0 Å². The molecule has 25 nitrogen and oxygen atoms in total. The molecule has 4 amide bonds. The van der Waals surface area contributed by atoms with Gasteiger partial charge in [-0.15, -0.1) is 0 Å². The fraction of sp³-hybridized carbons (Fsp3) is 0.839. The molecule has 0 aromatic heterocycles. The van der Waals surface area contributed by atoms with Crippen LogP contribution in [-0.4, -0.2) is 214 Å². The number of ketones is 5. The Kier molecular flexibility index (Phi) is 49.6. The van der Waals surface area contributed by atoms with Gasteiger partial charge in [-0.1, -0.05) is 32.1 Å². The molecule has 0 spiro atoms.